The molecule has 0 heterocycles. The van der Waals surface area contributed by atoms with Gasteiger partial charge in [0, 0.05) is 5.41 Å². The lowest BCUT2D eigenvalue weighted by molar-refractivity contribution is -0.137. The molecule has 0 aliphatic carbocycles. The Bertz CT molecular complexity index is 455. The number of amidine groups is 1. The van der Waals surface area contributed by atoms with Gasteiger partial charge in [0.05, 0.1) is 10.9 Å². The van der Waals surface area contributed by atoms with Crippen LogP contribution in [0.25, 0.3) is 0 Å². The van der Waals surface area contributed by atoms with Gasteiger partial charge >= 0.3 is 6.18 Å². The fourth-order valence-corrected chi connectivity index (χ4v) is 1.76. The average molecular weight is 279 g/mol. The largest absolute Gasteiger partial charge is 0.416 e. The monoisotopic (exact) mass is 278 g/mol. The Kier molecular flexibility index (Phi) is 3.96. The highest BCUT2D eigenvalue weighted by atomic mass is 35.5. The lowest BCUT2D eigenvalue weighted by Crippen LogP contribution is -2.39. The Morgan fingerprint density at radius 3 is 2.22 bits per heavy atom. The predicted octanol–water partition coefficient (Wildman–Crippen LogP) is 3.53. The fourth-order valence-electron chi connectivity index (χ4n) is 1.63. The van der Waals surface area contributed by atoms with Crippen LogP contribution in [0, 0.1) is 5.41 Å². The van der Waals surface area contributed by atoms with Gasteiger partial charge in [-0.05, 0) is 11.6 Å². The van der Waals surface area contributed by atoms with Gasteiger partial charge in [0.2, 0.25) is 0 Å². The lowest BCUT2D eigenvalue weighted by Gasteiger charge is -2.30. The molecule has 1 unspecified atom stereocenters. The maximum atomic E-state index is 12.6. The molecule has 1 atom stereocenters. The summed E-state index contributed by atoms with van der Waals surface area (Å²) in [6.45, 7) is 3.31. The molecule has 0 aromatic heterocycles. The lowest BCUT2D eigenvalue weighted by atomic mass is 9.80. The zero-order valence-electron chi connectivity index (χ0n) is 9.98. The van der Waals surface area contributed by atoms with Crippen LogP contribution in [0.5, 0.6) is 0 Å². The topological polar surface area (TPSA) is 49.9 Å². The van der Waals surface area contributed by atoms with Crippen molar-refractivity contribution < 1.29 is 13.2 Å². The molecule has 1 aromatic carbocycles. The Labute approximate surface area is 108 Å². The van der Waals surface area contributed by atoms with E-state index in [0.29, 0.717) is 5.56 Å². The first kappa shape index (κ1) is 14.8. The summed E-state index contributed by atoms with van der Waals surface area (Å²) >= 11 is 5.98. The number of nitrogens with two attached hydrogens (primary N) is 1. The smallest absolute Gasteiger partial charge is 0.386 e. The van der Waals surface area contributed by atoms with Crippen molar-refractivity contribution in [3.05, 3.63) is 35.4 Å². The van der Waals surface area contributed by atoms with E-state index >= 15 is 0 Å². The molecule has 3 N–H and O–H groups in total. The van der Waals surface area contributed by atoms with Crippen LogP contribution in [0.3, 0.4) is 0 Å². The first-order valence-electron chi connectivity index (χ1n) is 5.22. The molecule has 0 spiro atoms. The third kappa shape index (κ3) is 2.96. The van der Waals surface area contributed by atoms with Gasteiger partial charge in [-0.3, -0.25) is 5.41 Å². The van der Waals surface area contributed by atoms with Crippen LogP contribution < -0.4 is 5.73 Å². The normalized spacial score (nSPS) is 14.3. The van der Waals surface area contributed by atoms with Gasteiger partial charge < -0.3 is 5.73 Å². The highest BCUT2D eigenvalue weighted by Crippen LogP contribution is 2.35. The van der Waals surface area contributed by atoms with Crippen molar-refractivity contribution in [3.63, 3.8) is 0 Å². The molecule has 0 radical (unpaired) electrons. The zero-order chi connectivity index (χ0) is 14.1. The molecule has 1 rings (SSSR count). The van der Waals surface area contributed by atoms with Crippen LogP contribution in [-0.2, 0) is 11.6 Å². The molecule has 0 saturated carbocycles. The minimum Gasteiger partial charge on any atom is -0.386 e. The summed E-state index contributed by atoms with van der Waals surface area (Å²) in [5.74, 6) is -0.265. The van der Waals surface area contributed by atoms with Gasteiger partial charge in [0.1, 0.15) is 5.84 Å². The van der Waals surface area contributed by atoms with Crippen molar-refractivity contribution in [1.29, 1.82) is 5.41 Å². The summed E-state index contributed by atoms with van der Waals surface area (Å²) in [5, 5.41) is 6.45. The van der Waals surface area contributed by atoms with Gasteiger partial charge in [-0.2, -0.15) is 13.2 Å². The molecule has 0 aliphatic rings. The van der Waals surface area contributed by atoms with Crippen LogP contribution in [0.1, 0.15) is 25.0 Å². The quantitative estimate of drug-likeness (QED) is 0.496. The molecule has 0 saturated heterocycles. The molecule has 2 nitrogen and oxygen atoms in total. The minimum absolute atomic E-state index is 0.265. The number of hydrogen-bond acceptors (Lipinski definition) is 1. The number of halogens is 4. The molecule has 0 aliphatic heterocycles. The fraction of sp³-hybridized carbons (Fsp3) is 0.417. The Morgan fingerprint density at radius 1 is 1.28 bits per heavy atom. The van der Waals surface area contributed by atoms with Gasteiger partial charge in [0.25, 0.3) is 0 Å². The Morgan fingerprint density at radius 2 is 1.78 bits per heavy atom. The molecule has 0 amide bonds. The van der Waals surface area contributed by atoms with Gasteiger partial charge in [0.15, 0.2) is 0 Å². The third-order valence-electron chi connectivity index (χ3n) is 2.84. The number of benzene rings is 1. The number of rotatable bonds is 3. The van der Waals surface area contributed by atoms with Crippen molar-refractivity contribution >= 4 is 17.4 Å². The van der Waals surface area contributed by atoms with E-state index in [9.17, 15) is 13.2 Å². The summed E-state index contributed by atoms with van der Waals surface area (Å²) in [5.41, 5.74) is 4.12. The van der Waals surface area contributed by atoms with Crippen LogP contribution in [0.4, 0.5) is 13.2 Å². The highest BCUT2D eigenvalue weighted by molar-refractivity contribution is 6.32. The molecule has 18 heavy (non-hydrogen) atoms. The molecule has 1 aromatic rings. The van der Waals surface area contributed by atoms with E-state index < -0.39 is 22.5 Å². The molecule has 0 fully saturated rings. The summed E-state index contributed by atoms with van der Waals surface area (Å²) < 4.78 is 37.8. The van der Waals surface area contributed by atoms with E-state index in [1.54, 1.807) is 19.9 Å². The van der Waals surface area contributed by atoms with Crippen molar-refractivity contribution in [2.75, 3.05) is 0 Å². The van der Waals surface area contributed by atoms with Gasteiger partial charge in [-0.15, -0.1) is 11.6 Å². The van der Waals surface area contributed by atoms with Crippen molar-refractivity contribution in [2.24, 2.45) is 5.73 Å². The van der Waals surface area contributed by atoms with E-state index in [-0.39, 0.29) is 5.84 Å². The molecular formula is C12H14ClF3N2. The van der Waals surface area contributed by atoms with Crippen LogP contribution in [0.15, 0.2) is 24.3 Å². The van der Waals surface area contributed by atoms with E-state index in [0.717, 1.165) is 12.1 Å². The first-order valence-corrected chi connectivity index (χ1v) is 5.66. The second kappa shape index (κ2) is 4.80. The highest BCUT2D eigenvalue weighted by Gasteiger charge is 2.35. The van der Waals surface area contributed by atoms with Crippen LogP contribution in [0.2, 0.25) is 0 Å². The summed E-state index contributed by atoms with van der Waals surface area (Å²) in [7, 11) is 0. The van der Waals surface area contributed by atoms with E-state index in [1.165, 1.54) is 6.07 Å². The van der Waals surface area contributed by atoms with E-state index in [4.69, 9.17) is 22.7 Å². The van der Waals surface area contributed by atoms with E-state index in [1.807, 2.05) is 0 Å². The Hall–Kier alpha value is -1.23. The molecular weight excluding hydrogens is 265 g/mol. The van der Waals surface area contributed by atoms with Gasteiger partial charge in [-0.25, -0.2) is 0 Å². The summed E-state index contributed by atoms with van der Waals surface area (Å²) in [6.07, 6.45) is -4.40. The second-order valence-corrected chi connectivity index (χ2v) is 5.05. The third-order valence-corrected chi connectivity index (χ3v) is 3.62. The summed E-state index contributed by atoms with van der Waals surface area (Å²) in [6, 6.07) is 4.91. The van der Waals surface area contributed by atoms with Crippen molar-refractivity contribution in [1.82, 2.24) is 0 Å². The van der Waals surface area contributed by atoms with Crippen LogP contribution in [-0.4, -0.2) is 11.2 Å². The molecule has 0 bridgehead atoms. The SMILES string of the molecule is CC(C)(c1cccc(C(F)(F)F)c1)C(Cl)C(=N)N. The number of hydrogen-bond donors (Lipinski definition) is 2. The molecule has 100 valence electrons. The van der Waals surface area contributed by atoms with Crippen molar-refractivity contribution in [3.8, 4) is 0 Å². The minimum atomic E-state index is -4.40. The average Bonchev–Trinajstić information content (AvgIpc) is 2.27. The standard InChI is InChI=1S/C12H14ClF3N2/c1-11(2,9(13)10(17)18)7-4-3-5-8(6-7)12(14,15)16/h3-6,9H,1-2H3,(H3,17,18). The predicted molar refractivity (Wildman–Crippen MR) is 66.0 cm³/mol. The van der Waals surface area contributed by atoms with E-state index in [2.05, 4.69) is 0 Å². The van der Waals surface area contributed by atoms with Crippen molar-refractivity contribution in [2.45, 2.75) is 30.8 Å². The number of nitrogens with one attached hydrogen (secondary N) is 1. The van der Waals surface area contributed by atoms with Crippen LogP contribution >= 0.6 is 11.6 Å². The zero-order valence-corrected chi connectivity index (χ0v) is 10.7. The number of alkyl halides is 4. The molecule has 6 heteroatoms. The second-order valence-electron chi connectivity index (χ2n) is 4.62. The maximum Gasteiger partial charge on any atom is 0.416 e. The Balaban J connectivity index is 3.22. The first-order chi connectivity index (χ1) is 8.06. The maximum absolute atomic E-state index is 12.6. The summed E-state index contributed by atoms with van der Waals surface area (Å²) in [4.78, 5) is 0. The van der Waals surface area contributed by atoms with Gasteiger partial charge in [-0.1, -0.05) is 32.0 Å².